The number of nitrogens with zero attached hydrogens (tertiary/aromatic N) is 3. The van der Waals surface area contributed by atoms with Crippen LogP contribution in [0.3, 0.4) is 0 Å². The van der Waals surface area contributed by atoms with Crippen molar-refractivity contribution in [2.75, 3.05) is 0 Å². The van der Waals surface area contributed by atoms with Gasteiger partial charge in [-0.1, -0.05) is 23.7 Å². The van der Waals surface area contributed by atoms with Crippen LogP contribution in [0.4, 0.5) is 0 Å². The highest BCUT2D eigenvalue weighted by molar-refractivity contribution is 6.30. The molecule has 0 aliphatic heterocycles. The second kappa shape index (κ2) is 4.37. The number of fused-ring (bicyclic) bond motifs is 1. The Morgan fingerprint density at radius 1 is 1.21 bits per heavy atom. The summed E-state index contributed by atoms with van der Waals surface area (Å²) < 4.78 is 1.72. The number of aromatic carboxylic acids is 1. The topological polar surface area (TPSA) is 67.5 Å². The van der Waals surface area contributed by atoms with Crippen molar-refractivity contribution in [3.8, 4) is 11.4 Å². The fourth-order valence-electron chi connectivity index (χ4n) is 1.85. The van der Waals surface area contributed by atoms with Crippen LogP contribution in [0, 0.1) is 0 Å². The third-order valence-corrected chi connectivity index (χ3v) is 2.97. The SMILES string of the molecule is O=C(O)c1ccn2c(-c3cccc(Cl)c3)nnc2c1. The molecule has 0 fully saturated rings. The van der Waals surface area contributed by atoms with Gasteiger partial charge in [0.25, 0.3) is 0 Å². The molecule has 0 saturated heterocycles. The molecular formula is C13H8ClN3O2. The number of aromatic nitrogens is 3. The average molecular weight is 274 g/mol. The zero-order chi connectivity index (χ0) is 13.4. The van der Waals surface area contributed by atoms with Crippen LogP contribution in [0.5, 0.6) is 0 Å². The largest absolute Gasteiger partial charge is 0.478 e. The van der Waals surface area contributed by atoms with Crippen LogP contribution >= 0.6 is 11.6 Å². The summed E-state index contributed by atoms with van der Waals surface area (Å²) in [6.07, 6.45) is 1.63. The smallest absolute Gasteiger partial charge is 0.335 e. The van der Waals surface area contributed by atoms with Gasteiger partial charge in [0.1, 0.15) is 0 Å². The maximum atomic E-state index is 10.9. The molecule has 6 heteroatoms. The van der Waals surface area contributed by atoms with Gasteiger partial charge in [-0.3, -0.25) is 4.40 Å². The quantitative estimate of drug-likeness (QED) is 0.779. The number of rotatable bonds is 2. The maximum absolute atomic E-state index is 10.9. The molecule has 0 amide bonds. The fourth-order valence-corrected chi connectivity index (χ4v) is 2.04. The second-order valence-corrected chi connectivity index (χ2v) is 4.42. The van der Waals surface area contributed by atoms with Gasteiger partial charge in [0.2, 0.25) is 0 Å². The Morgan fingerprint density at radius 3 is 2.79 bits per heavy atom. The zero-order valence-electron chi connectivity index (χ0n) is 9.62. The molecule has 0 atom stereocenters. The summed E-state index contributed by atoms with van der Waals surface area (Å²) in [5.41, 5.74) is 1.48. The van der Waals surface area contributed by atoms with Crippen LogP contribution in [-0.4, -0.2) is 25.7 Å². The molecule has 5 nitrogen and oxygen atoms in total. The van der Waals surface area contributed by atoms with Crippen LogP contribution in [0.15, 0.2) is 42.6 Å². The average Bonchev–Trinajstić information content (AvgIpc) is 2.81. The first kappa shape index (κ1) is 11.7. The molecule has 0 saturated carbocycles. The summed E-state index contributed by atoms with van der Waals surface area (Å²) in [4.78, 5) is 10.9. The minimum absolute atomic E-state index is 0.178. The summed E-state index contributed by atoms with van der Waals surface area (Å²) >= 11 is 5.94. The molecule has 0 aliphatic rings. The number of halogens is 1. The van der Waals surface area contributed by atoms with Gasteiger partial charge in [-0.05, 0) is 24.3 Å². The van der Waals surface area contributed by atoms with Gasteiger partial charge >= 0.3 is 5.97 Å². The van der Waals surface area contributed by atoms with Gasteiger partial charge in [0, 0.05) is 16.8 Å². The minimum Gasteiger partial charge on any atom is -0.478 e. The predicted octanol–water partition coefficient (Wildman–Crippen LogP) is 2.75. The number of carboxylic acids is 1. The molecule has 94 valence electrons. The van der Waals surface area contributed by atoms with Gasteiger partial charge < -0.3 is 5.11 Å². The molecule has 0 radical (unpaired) electrons. The molecule has 0 unspecified atom stereocenters. The van der Waals surface area contributed by atoms with E-state index in [1.807, 2.05) is 12.1 Å². The molecule has 3 aromatic rings. The fraction of sp³-hybridized carbons (Fsp3) is 0. The van der Waals surface area contributed by atoms with Crippen LogP contribution in [-0.2, 0) is 0 Å². The van der Waals surface area contributed by atoms with Gasteiger partial charge in [-0.2, -0.15) is 0 Å². The Bertz CT molecular complexity index is 782. The van der Waals surface area contributed by atoms with E-state index in [1.54, 1.807) is 22.7 Å². The Kier molecular flexibility index (Phi) is 2.68. The standard InChI is InChI=1S/C13H8ClN3O2/c14-10-3-1-2-8(6-10)12-16-15-11-7-9(13(18)19)4-5-17(11)12/h1-7H,(H,18,19). The van der Waals surface area contributed by atoms with E-state index in [-0.39, 0.29) is 5.56 Å². The van der Waals surface area contributed by atoms with E-state index >= 15 is 0 Å². The number of pyridine rings is 1. The summed E-state index contributed by atoms with van der Waals surface area (Å²) in [6.45, 7) is 0. The van der Waals surface area contributed by atoms with Crippen LogP contribution in [0.25, 0.3) is 17.0 Å². The molecule has 0 bridgehead atoms. The van der Waals surface area contributed by atoms with E-state index in [2.05, 4.69) is 10.2 Å². The van der Waals surface area contributed by atoms with Crippen molar-refractivity contribution in [1.82, 2.24) is 14.6 Å². The summed E-state index contributed by atoms with van der Waals surface area (Å²) in [7, 11) is 0. The van der Waals surface area contributed by atoms with Crippen molar-refractivity contribution in [2.45, 2.75) is 0 Å². The lowest BCUT2D eigenvalue weighted by Crippen LogP contribution is -1.98. The van der Waals surface area contributed by atoms with Crippen molar-refractivity contribution >= 4 is 23.2 Å². The summed E-state index contributed by atoms with van der Waals surface area (Å²) in [5, 5.41) is 17.6. The van der Waals surface area contributed by atoms with E-state index in [1.165, 1.54) is 12.1 Å². The molecule has 1 N–H and O–H groups in total. The molecule has 3 rings (SSSR count). The highest BCUT2D eigenvalue weighted by Gasteiger charge is 2.10. The molecule has 0 aliphatic carbocycles. The van der Waals surface area contributed by atoms with Crippen LogP contribution < -0.4 is 0 Å². The minimum atomic E-state index is -0.991. The molecule has 1 aromatic carbocycles. The molecular weight excluding hydrogens is 266 g/mol. The number of benzene rings is 1. The van der Waals surface area contributed by atoms with Crippen molar-refractivity contribution in [3.63, 3.8) is 0 Å². The first-order chi connectivity index (χ1) is 9.15. The first-order valence-electron chi connectivity index (χ1n) is 5.49. The normalized spacial score (nSPS) is 10.8. The van der Waals surface area contributed by atoms with Gasteiger partial charge in [0.05, 0.1) is 5.56 Å². The van der Waals surface area contributed by atoms with E-state index in [9.17, 15) is 4.79 Å². The molecule has 19 heavy (non-hydrogen) atoms. The Labute approximate surface area is 113 Å². The molecule has 0 spiro atoms. The number of carbonyl (C=O) groups is 1. The van der Waals surface area contributed by atoms with Crippen molar-refractivity contribution in [1.29, 1.82) is 0 Å². The van der Waals surface area contributed by atoms with E-state index in [4.69, 9.17) is 16.7 Å². The molecule has 2 heterocycles. The monoisotopic (exact) mass is 273 g/mol. The lowest BCUT2D eigenvalue weighted by atomic mass is 10.2. The highest BCUT2D eigenvalue weighted by Crippen LogP contribution is 2.22. The number of hydrogen-bond donors (Lipinski definition) is 1. The van der Waals surface area contributed by atoms with Gasteiger partial charge in [-0.25, -0.2) is 4.79 Å². The number of hydrogen-bond acceptors (Lipinski definition) is 3. The third-order valence-electron chi connectivity index (χ3n) is 2.74. The maximum Gasteiger partial charge on any atom is 0.335 e. The highest BCUT2D eigenvalue weighted by atomic mass is 35.5. The van der Waals surface area contributed by atoms with Crippen molar-refractivity contribution < 1.29 is 9.90 Å². The van der Waals surface area contributed by atoms with Crippen LogP contribution in [0.1, 0.15) is 10.4 Å². The van der Waals surface area contributed by atoms with E-state index in [0.29, 0.717) is 16.5 Å². The van der Waals surface area contributed by atoms with E-state index < -0.39 is 5.97 Å². The van der Waals surface area contributed by atoms with Crippen molar-refractivity contribution in [3.05, 3.63) is 53.2 Å². The Hall–Kier alpha value is -2.40. The lowest BCUT2D eigenvalue weighted by molar-refractivity contribution is 0.0697. The third kappa shape index (κ3) is 2.04. The second-order valence-electron chi connectivity index (χ2n) is 3.98. The summed E-state index contributed by atoms with van der Waals surface area (Å²) in [6, 6.07) is 10.2. The predicted molar refractivity (Wildman–Crippen MR) is 70.4 cm³/mol. The van der Waals surface area contributed by atoms with Gasteiger partial charge in [0.15, 0.2) is 11.5 Å². The molecule has 2 aromatic heterocycles. The van der Waals surface area contributed by atoms with Crippen LogP contribution in [0.2, 0.25) is 5.02 Å². The van der Waals surface area contributed by atoms with E-state index in [0.717, 1.165) is 5.56 Å². The summed E-state index contributed by atoms with van der Waals surface area (Å²) in [5.74, 6) is -0.371. The lowest BCUT2D eigenvalue weighted by Gasteiger charge is -2.01. The van der Waals surface area contributed by atoms with Gasteiger partial charge in [-0.15, -0.1) is 10.2 Å². The Balaban J connectivity index is 2.18. The van der Waals surface area contributed by atoms with Crippen molar-refractivity contribution in [2.24, 2.45) is 0 Å². The Morgan fingerprint density at radius 2 is 2.05 bits per heavy atom. The number of carboxylic acid groups (broad SMARTS) is 1. The first-order valence-corrected chi connectivity index (χ1v) is 5.87. The zero-order valence-corrected chi connectivity index (χ0v) is 10.4.